The van der Waals surface area contributed by atoms with Gasteiger partial charge in [0.2, 0.25) is 0 Å². The predicted molar refractivity (Wildman–Crippen MR) is 95.4 cm³/mol. The van der Waals surface area contributed by atoms with Crippen molar-refractivity contribution < 1.29 is 5.11 Å². The van der Waals surface area contributed by atoms with Crippen LogP contribution in [0.15, 0.2) is 53.9 Å². The Kier molecular flexibility index (Phi) is 3.36. The highest BCUT2D eigenvalue weighted by Gasteiger charge is 2.18. The number of phenols is 1. The van der Waals surface area contributed by atoms with E-state index in [-0.39, 0.29) is 5.75 Å². The second kappa shape index (κ2) is 5.41. The van der Waals surface area contributed by atoms with Gasteiger partial charge in [0.15, 0.2) is 4.96 Å². The van der Waals surface area contributed by atoms with Crippen molar-refractivity contribution in [3.8, 4) is 28.3 Å². The molecule has 0 atom stereocenters. The molecule has 2 aromatic heterocycles. The molecule has 0 aliphatic heterocycles. The van der Waals surface area contributed by atoms with Crippen molar-refractivity contribution in [3.05, 3.63) is 64.6 Å². The fourth-order valence-electron chi connectivity index (χ4n) is 2.69. The minimum absolute atomic E-state index is 0.254. The van der Waals surface area contributed by atoms with E-state index in [1.165, 1.54) is 0 Å². The highest BCUT2D eigenvalue weighted by atomic mass is 35.5. The summed E-state index contributed by atoms with van der Waals surface area (Å²) in [4.78, 5) is 5.76. The number of halogens is 1. The maximum Gasteiger partial charge on any atom is 0.194 e. The molecule has 0 unspecified atom stereocenters. The Labute approximate surface area is 142 Å². The van der Waals surface area contributed by atoms with Gasteiger partial charge in [-0.25, -0.2) is 4.98 Å². The molecule has 0 aliphatic carbocycles. The number of aromatic nitrogens is 2. The van der Waals surface area contributed by atoms with E-state index >= 15 is 0 Å². The Hall–Kier alpha value is -2.30. The maximum absolute atomic E-state index is 9.56. The second-order valence-electron chi connectivity index (χ2n) is 5.36. The molecule has 0 saturated carbocycles. The molecule has 4 rings (SSSR count). The molecule has 2 aromatic carbocycles. The SMILES string of the molecule is Cc1csc2nc(-c3ccc(Cl)cc3)c(-c3ccc(O)cc3)n12. The van der Waals surface area contributed by atoms with E-state index in [4.69, 9.17) is 16.6 Å². The van der Waals surface area contributed by atoms with Crippen LogP contribution >= 0.6 is 22.9 Å². The predicted octanol–water partition coefficient (Wildman–Crippen LogP) is 5.40. The number of fused-ring (bicyclic) bond motifs is 1. The summed E-state index contributed by atoms with van der Waals surface area (Å²) in [6, 6.07) is 14.9. The lowest BCUT2D eigenvalue weighted by molar-refractivity contribution is 0.475. The number of phenolic OH excluding ortho intramolecular Hbond substituents is 1. The summed E-state index contributed by atoms with van der Waals surface area (Å²) in [7, 11) is 0. The number of rotatable bonds is 2. The van der Waals surface area contributed by atoms with Gasteiger partial charge in [0.25, 0.3) is 0 Å². The van der Waals surface area contributed by atoms with Crippen LogP contribution in [0.25, 0.3) is 27.5 Å². The van der Waals surface area contributed by atoms with Gasteiger partial charge >= 0.3 is 0 Å². The number of hydrogen-bond acceptors (Lipinski definition) is 3. The van der Waals surface area contributed by atoms with Gasteiger partial charge in [0.1, 0.15) is 5.75 Å². The summed E-state index contributed by atoms with van der Waals surface area (Å²) in [6.45, 7) is 2.07. The lowest BCUT2D eigenvalue weighted by atomic mass is 10.0. The zero-order valence-electron chi connectivity index (χ0n) is 12.3. The van der Waals surface area contributed by atoms with Crippen LogP contribution in [0.5, 0.6) is 5.75 Å². The van der Waals surface area contributed by atoms with E-state index in [0.29, 0.717) is 5.02 Å². The summed E-state index contributed by atoms with van der Waals surface area (Å²) in [5.74, 6) is 0.254. The lowest BCUT2D eigenvalue weighted by Crippen LogP contribution is -1.90. The van der Waals surface area contributed by atoms with E-state index in [2.05, 4.69) is 16.7 Å². The van der Waals surface area contributed by atoms with Gasteiger partial charge in [0, 0.05) is 27.2 Å². The molecular weight excluding hydrogens is 328 g/mol. The fraction of sp³-hybridized carbons (Fsp3) is 0.0556. The van der Waals surface area contributed by atoms with E-state index in [9.17, 15) is 5.11 Å². The summed E-state index contributed by atoms with van der Waals surface area (Å²) < 4.78 is 2.15. The van der Waals surface area contributed by atoms with Crippen molar-refractivity contribution in [2.75, 3.05) is 0 Å². The van der Waals surface area contributed by atoms with E-state index in [1.807, 2.05) is 36.4 Å². The Morgan fingerprint density at radius 3 is 2.35 bits per heavy atom. The van der Waals surface area contributed by atoms with Crippen LogP contribution in [-0.4, -0.2) is 14.5 Å². The van der Waals surface area contributed by atoms with Gasteiger partial charge in [-0.2, -0.15) is 0 Å². The van der Waals surface area contributed by atoms with Crippen molar-refractivity contribution >= 4 is 27.9 Å². The van der Waals surface area contributed by atoms with Crippen LogP contribution < -0.4 is 0 Å². The largest absolute Gasteiger partial charge is 0.508 e. The van der Waals surface area contributed by atoms with Crippen LogP contribution in [-0.2, 0) is 0 Å². The number of aromatic hydroxyl groups is 1. The van der Waals surface area contributed by atoms with E-state index < -0.39 is 0 Å². The molecule has 0 amide bonds. The van der Waals surface area contributed by atoms with Crippen LogP contribution in [0.4, 0.5) is 0 Å². The fourth-order valence-corrected chi connectivity index (χ4v) is 3.68. The standard InChI is InChI=1S/C18H13ClN2OS/c1-11-10-23-18-20-16(12-2-6-14(19)7-3-12)17(21(11)18)13-4-8-15(22)9-5-13/h2-10,22H,1H3. The molecule has 4 aromatic rings. The van der Waals surface area contributed by atoms with Gasteiger partial charge in [0.05, 0.1) is 11.4 Å². The monoisotopic (exact) mass is 340 g/mol. The molecular formula is C18H13ClN2OS. The minimum Gasteiger partial charge on any atom is -0.508 e. The number of imidazole rings is 1. The lowest BCUT2D eigenvalue weighted by Gasteiger charge is -2.06. The zero-order valence-corrected chi connectivity index (χ0v) is 13.9. The van der Waals surface area contributed by atoms with Crippen molar-refractivity contribution in [1.82, 2.24) is 9.38 Å². The summed E-state index contributed by atoms with van der Waals surface area (Å²) in [6.07, 6.45) is 0. The number of aryl methyl sites for hydroxylation is 1. The molecule has 0 aliphatic rings. The van der Waals surface area contributed by atoms with Gasteiger partial charge in [-0.05, 0) is 43.3 Å². The molecule has 114 valence electrons. The number of benzene rings is 2. The highest BCUT2D eigenvalue weighted by molar-refractivity contribution is 7.15. The Morgan fingerprint density at radius 2 is 1.65 bits per heavy atom. The van der Waals surface area contributed by atoms with Crippen LogP contribution in [0.3, 0.4) is 0 Å². The van der Waals surface area contributed by atoms with Crippen molar-refractivity contribution in [2.45, 2.75) is 6.92 Å². The highest BCUT2D eigenvalue weighted by Crippen LogP contribution is 2.36. The topological polar surface area (TPSA) is 37.5 Å². The first kappa shape index (κ1) is 14.3. The number of hydrogen-bond donors (Lipinski definition) is 1. The van der Waals surface area contributed by atoms with Crippen molar-refractivity contribution in [3.63, 3.8) is 0 Å². The number of nitrogens with zero attached hydrogens (tertiary/aromatic N) is 2. The normalized spacial score (nSPS) is 11.2. The first-order valence-electron chi connectivity index (χ1n) is 7.15. The third-order valence-electron chi connectivity index (χ3n) is 3.79. The Bertz CT molecular complexity index is 984. The van der Waals surface area contributed by atoms with Gasteiger partial charge < -0.3 is 5.11 Å². The number of thiazole rings is 1. The molecule has 1 N–H and O–H groups in total. The molecule has 2 heterocycles. The van der Waals surface area contributed by atoms with Crippen LogP contribution in [0, 0.1) is 6.92 Å². The third kappa shape index (κ3) is 2.40. The minimum atomic E-state index is 0.254. The molecule has 0 radical (unpaired) electrons. The third-order valence-corrected chi connectivity index (χ3v) is 4.99. The Morgan fingerprint density at radius 1 is 1.00 bits per heavy atom. The molecule has 0 fully saturated rings. The first-order chi connectivity index (χ1) is 11.1. The van der Waals surface area contributed by atoms with Crippen LogP contribution in [0.1, 0.15) is 5.69 Å². The van der Waals surface area contributed by atoms with Crippen LogP contribution in [0.2, 0.25) is 5.02 Å². The summed E-state index contributed by atoms with van der Waals surface area (Å²) in [5.41, 5.74) is 5.12. The van der Waals surface area contributed by atoms with Crippen molar-refractivity contribution in [2.24, 2.45) is 0 Å². The average Bonchev–Trinajstić information content (AvgIpc) is 3.09. The smallest absolute Gasteiger partial charge is 0.194 e. The van der Waals surface area contributed by atoms with E-state index in [0.717, 1.165) is 33.2 Å². The molecule has 0 bridgehead atoms. The average molecular weight is 341 g/mol. The van der Waals surface area contributed by atoms with E-state index in [1.54, 1.807) is 23.5 Å². The summed E-state index contributed by atoms with van der Waals surface area (Å²) in [5, 5.41) is 12.4. The zero-order chi connectivity index (χ0) is 16.0. The van der Waals surface area contributed by atoms with Gasteiger partial charge in [-0.1, -0.05) is 23.7 Å². The first-order valence-corrected chi connectivity index (χ1v) is 8.41. The summed E-state index contributed by atoms with van der Waals surface area (Å²) >= 11 is 7.63. The molecule has 3 nitrogen and oxygen atoms in total. The quantitative estimate of drug-likeness (QED) is 0.530. The maximum atomic E-state index is 9.56. The molecule has 5 heteroatoms. The van der Waals surface area contributed by atoms with Crippen molar-refractivity contribution in [1.29, 1.82) is 0 Å². The molecule has 0 saturated heterocycles. The molecule has 23 heavy (non-hydrogen) atoms. The molecule has 0 spiro atoms. The second-order valence-corrected chi connectivity index (χ2v) is 6.63. The van der Waals surface area contributed by atoms with Gasteiger partial charge in [-0.3, -0.25) is 4.40 Å². The Balaban J connectivity index is 2.02. The van der Waals surface area contributed by atoms with Gasteiger partial charge in [-0.15, -0.1) is 11.3 Å².